The molecule has 1 aromatic heterocycles. The van der Waals surface area contributed by atoms with Crippen LogP contribution in [0.15, 0.2) is 18.2 Å². The van der Waals surface area contributed by atoms with Crippen LogP contribution in [-0.4, -0.2) is 50.6 Å². The summed E-state index contributed by atoms with van der Waals surface area (Å²) in [7, 11) is 1.73. The Balaban J connectivity index is 1.69. The van der Waals surface area contributed by atoms with Gasteiger partial charge in [0.1, 0.15) is 11.5 Å². The summed E-state index contributed by atoms with van der Waals surface area (Å²) < 4.78 is 1.81. The van der Waals surface area contributed by atoms with Crippen molar-refractivity contribution in [3.05, 3.63) is 45.5 Å². The second-order valence-corrected chi connectivity index (χ2v) is 5.77. The van der Waals surface area contributed by atoms with Gasteiger partial charge in [0.15, 0.2) is 0 Å². The number of likely N-dealkylation sites (N-methyl/N-ethyl adjacent to an activating group) is 1. The maximum absolute atomic E-state index is 12.0. The Morgan fingerprint density at radius 1 is 1.33 bits per heavy atom. The molecule has 0 spiro atoms. The van der Waals surface area contributed by atoms with Crippen LogP contribution < -0.4 is 5.32 Å². The first-order valence-corrected chi connectivity index (χ1v) is 7.64. The average Bonchev–Trinajstić information content (AvgIpc) is 2.96. The molecule has 0 atom stereocenters. The zero-order valence-electron chi connectivity index (χ0n) is 13.5. The largest absolute Gasteiger partial charge is 0.379 e. The fourth-order valence-corrected chi connectivity index (χ4v) is 2.69. The highest BCUT2D eigenvalue weighted by Gasteiger charge is 2.26. The van der Waals surface area contributed by atoms with E-state index in [2.05, 4.69) is 15.5 Å². The van der Waals surface area contributed by atoms with Crippen LogP contribution in [0.3, 0.4) is 0 Å². The highest BCUT2D eigenvalue weighted by molar-refractivity contribution is 5.91. The average molecular weight is 330 g/mol. The maximum atomic E-state index is 12.0. The lowest BCUT2D eigenvalue weighted by Gasteiger charge is -2.23. The number of hydrogen-bond donors (Lipinski definition) is 1. The third kappa shape index (κ3) is 2.92. The molecule has 0 aliphatic carbocycles. The number of nitrogens with one attached hydrogen (secondary N) is 1. The lowest BCUT2D eigenvalue weighted by atomic mass is 10.2. The van der Waals surface area contributed by atoms with Crippen molar-refractivity contribution in [3.8, 4) is 0 Å². The number of rotatable bonds is 5. The molecule has 2 aromatic rings. The Kier molecular flexibility index (Phi) is 4.15. The van der Waals surface area contributed by atoms with Gasteiger partial charge in [-0.3, -0.25) is 14.9 Å². The molecule has 2 heterocycles. The van der Waals surface area contributed by atoms with E-state index >= 15 is 0 Å². The van der Waals surface area contributed by atoms with E-state index in [9.17, 15) is 14.9 Å². The molecule has 0 unspecified atom stereocenters. The molecular weight excluding hydrogens is 312 g/mol. The minimum atomic E-state index is -0.400. The smallest absolute Gasteiger partial charge is 0.292 e. The predicted octanol–water partition coefficient (Wildman–Crippen LogP) is 1.23. The van der Waals surface area contributed by atoms with Crippen molar-refractivity contribution in [1.82, 2.24) is 19.7 Å². The SMILES string of the molecule is Cc1ccc(NCCc2nnc3n2CCN(C)C3=O)c([N+](=O)[O-])c1. The van der Waals surface area contributed by atoms with Gasteiger partial charge in [-0.05, 0) is 18.6 Å². The first-order valence-electron chi connectivity index (χ1n) is 7.64. The summed E-state index contributed by atoms with van der Waals surface area (Å²) in [6.45, 7) is 3.55. The van der Waals surface area contributed by atoms with Gasteiger partial charge in [-0.1, -0.05) is 6.07 Å². The number of nitrogens with zero attached hydrogens (tertiary/aromatic N) is 5. The fraction of sp³-hybridized carbons (Fsp3) is 0.400. The summed E-state index contributed by atoms with van der Waals surface area (Å²) >= 11 is 0. The molecule has 9 nitrogen and oxygen atoms in total. The van der Waals surface area contributed by atoms with Crippen LogP contribution in [0.5, 0.6) is 0 Å². The first kappa shape index (κ1) is 15.9. The van der Waals surface area contributed by atoms with Crippen molar-refractivity contribution in [2.24, 2.45) is 0 Å². The normalized spacial score (nSPS) is 13.8. The third-order valence-corrected chi connectivity index (χ3v) is 4.04. The van der Waals surface area contributed by atoms with E-state index < -0.39 is 4.92 Å². The Morgan fingerprint density at radius 2 is 2.12 bits per heavy atom. The van der Waals surface area contributed by atoms with Crippen LogP contribution in [0.1, 0.15) is 22.0 Å². The van der Waals surface area contributed by atoms with E-state index in [1.807, 2.05) is 17.6 Å². The van der Waals surface area contributed by atoms with Gasteiger partial charge in [-0.2, -0.15) is 0 Å². The van der Waals surface area contributed by atoms with E-state index in [0.717, 1.165) is 5.56 Å². The van der Waals surface area contributed by atoms with Gasteiger partial charge >= 0.3 is 0 Å². The van der Waals surface area contributed by atoms with Gasteiger partial charge in [0.05, 0.1) is 4.92 Å². The van der Waals surface area contributed by atoms with Crippen LogP contribution in [0.4, 0.5) is 11.4 Å². The van der Waals surface area contributed by atoms with Gasteiger partial charge in [0.25, 0.3) is 11.6 Å². The number of nitro groups is 1. The van der Waals surface area contributed by atoms with Crippen molar-refractivity contribution in [2.75, 3.05) is 25.5 Å². The lowest BCUT2D eigenvalue weighted by molar-refractivity contribution is -0.384. The summed E-state index contributed by atoms with van der Waals surface area (Å²) in [6.07, 6.45) is 0.523. The van der Waals surface area contributed by atoms with Crippen LogP contribution >= 0.6 is 0 Å². The second-order valence-electron chi connectivity index (χ2n) is 5.77. The molecule has 0 saturated carbocycles. The molecule has 1 aliphatic rings. The number of aryl methyl sites for hydroxylation is 1. The quantitative estimate of drug-likeness (QED) is 0.653. The summed E-state index contributed by atoms with van der Waals surface area (Å²) in [5.74, 6) is 0.913. The Morgan fingerprint density at radius 3 is 2.88 bits per heavy atom. The van der Waals surface area contributed by atoms with Crippen LogP contribution in [-0.2, 0) is 13.0 Å². The van der Waals surface area contributed by atoms with Gasteiger partial charge in [-0.25, -0.2) is 0 Å². The minimum absolute atomic E-state index is 0.0510. The zero-order valence-corrected chi connectivity index (χ0v) is 13.5. The Labute approximate surface area is 138 Å². The molecule has 1 aliphatic heterocycles. The first-order chi connectivity index (χ1) is 11.5. The predicted molar refractivity (Wildman–Crippen MR) is 87.0 cm³/mol. The molecule has 9 heteroatoms. The van der Waals surface area contributed by atoms with Gasteiger partial charge < -0.3 is 14.8 Å². The van der Waals surface area contributed by atoms with Gasteiger partial charge in [0, 0.05) is 39.2 Å². The minimum Gasteiger partial charge on any atom is -0.379 e. The summed E-state index contributed by atoms with van der Waals surface area (Å²) in [5.41, 5.74) is 1.36. The zero-order chi connectivity index (χ0) is 17.3. The van der Waals surface area contributed by atoms with Crippen LogP contribution in [0.2, 0.25) is 0 Å². The maximum Gasteiger partial charge on any atom is 0.292 e. The molecule has 1 N–H and O–H groups in total. The van der Waals surface area contributed by atoms with E-state index in [0.29, 0.717) is 43.4 Å². The molecule has 0 bridgehead atoms. The monoisotopic (exact) mass is 330 g/mol. The number of fused-ring (bicyclic) bond motifs is 1. The molecule has 3 rings (SSSR count). The molecule has 24 heavy (non-hydrogen) atoms. The number of anilines is 1. The van der Waals surface area contributed by atoms with Gasteiger partial charge in [0.2, 0.25) is 5.82 Å². The molecule has 1 aromatic carbocycles. The van der Waals surface area contributed by atoms with E-state index in [1.165, 1.54) is 6.07 Å². The van der Waals surface area contributed by atoms with Crippen molar-refractivity contribution in [2.45, 2.75) is 19.9 Å². The van der Waals surface area contributed by atoms with Gasteiger partial charge in [-0.15, -0.1) is 10.2 Å². The standard InChI is InChI=1S/C15H18N6O3/c1-10-3-4-11(12(9-10)21(23)24)16-6-5-13-17-18-14-15(22)19(2)7-8-20(13)14/h3-4,9,16H,5-8H2,1-2H3. The number of aromatic nitrogens is 3. The number of carbonyl (C=O) groups excluding carboxylic acids is 1. The number of amides is 1. The molecule has 1 amide bonds. The number of benzene rings is 1. The van der Waals surface area contributed by atoms with Crippen molar-refractivity contribution in [3.63, 3.8) is 0 Å². The van der Waals surface area contributed by atoms with Crippen LogP contribution in [0, 0.1) is 17.0 Å². The molecule has 0 saturated heterocycles. The summed E-state index contributed by atoms with van der Waals surface area (Å²) in [4.78, 5) is 24.3. The molecule has 126 valence electrons. The summed E-state index contributed by atoms with van der Waals surface area (Å²) in [6, 6.07) is 5.06. The Hall–Kier alpha value is -2.97. The second kappa shape index (κ2) is 6.26. The fourth-order valence-electron chi connectivity index (χ4n) is 2.69. The lowest BCUT2D eigenvalue weighted by Crippen LogP contribution is -2.38. The van der Waals surface area contributed by atoms with Crippen molar-refractivity contribution < 1.29 is 9.72 Å². The summed E-state index contributed by atoms with van der Waals surface area (Å²) in [5, 5.41) is 22.2. The van der Waals surface area contributed by atoms with E-state index in [-0.39, 0.29) is 11.6 Å². The van der Waals surface area contributed by atoms with E-state index in [4.69, 9.17) is 0 Å². The highest BCUT2D eigenvalue weighted by atomic mass is 16.6. The van der Waals surface area contributed by atoms with Crippen molar-refractivity contribution in [1.29, 1.82) is 0 Å². The molecule has 0 radical (unpaired) electrons. The van der Waals surface area contributed by atoms with Crippen LogP contribution in [0.25, 0.3) is 0 Å². The highest BCUT2D eigenvalue weighted by Crippen LogP contribution is 2.25. The third-order valence-electron chi connectivity index (χ3n) is 4.04. The number of carbonyl (C=O) groups is 1. The number of nitro benzene ring substituents is 1. The van der Waals surface area contributed by atoms with E-state index in [1.54, 1.807) is 18.0 Å². The van der Waals surface area contributed by atoms with Crippen molar-refractivity contribution >= 4 is 17.3 Å². The molecule has 0 fully saturated rings. The topological polar surface area (TPSA) is 106 Å². The Bertz CT molecular complexity index is 801. The number of hydrogen-bond acceptors (Lipinski definition) is 6. The molecular formula is C15H18N6O3.